The Hall–Kier alpha value is -1.52. The van der Waals surface area contributed by atoms with Crippen molar-refractivity contribution in [2.24, 2.45) is 5.73 Å². The number of primary amides is 1. The second-order valence-corrected chi connectivity index (χ2v) is 4.96. The zero-order valence-corrected chi connectivity index (χ0v) is 10.5. The first-order valence-electron chi connectivity index (χ1n) is 5.02. The van der Waals surface area contributed by atoms with Crippen molar-refractivity contribution in [2.45, 2.75) is 6.54 Å². The van der Waals surface area contributed by atoms with E-state index in [9.17, 15) is 4.79 Å². The molecule has 17 heavy (non-hydrogen) atoms. The van der Waals surface area contributed by atoms with E-state index in [1.807, 2.05) is 24.3 Å². The number of carbonyl (C=O) groups excluding carboxylic acids is 1. The molecule has 0 unspecified atom stereocenters. The van der Waals surface area contributed by atoms with E-state index in [1.54, 1.807) is 11.4 Å². The molecule has 0 fully saturated rings. The standard InChI is InChI=1S/C12H11ClN2OS/c13-9-1-3-10(4-2-9)15-6-11-5-8(7-17-11)12(14)16/h1-5,7,15H,6H2,(H2,14,16). The minimum atomic E-state index is -0.390. The van der Waals surface area contributed by atoms with Crippen molar-refractivity contribution in [1.29, 1.82) is 0 Å². The average Bonchev–Trinajstić information content (AvgIpc) is 2.77. The van der Waals surface area contributed by atoms with Crippen LogP contribution >= 0.6 is 22.9 Å². The summed E-state index contributed by atoms with van der Waals surface area (Å²) in [5, 5.41) is 5.72. The highest BCUT2D eigenvalue weighted by Crippen LogP contribution is 2.18. The molecule has 0 radical (unpaired) electrons. The Morgan fingerprint density at radius 3 is 2.65 bits per heavy atom. The molecule has 3 N–H and O–H groups in total. The summed E-state index contributed by atoms with van der Waals surface area (Å²) in [6.45, 7) is 0.666. The lowest BCUT2D eigenvalue weighted by atomic mass is 10.3. The number of amides is 1. The summed E-state index contributed by atoms with van der Waals surface area (Å²) in [6.07, 6.45) is 0. The van der Waals surface area contributed by atoms with Crippen LogP contribution in [0, 0.1) is 0 Å². The molecular weight excluding hydrogens is 256 g/mol. The number of rotatable bonds is 4. The Morgan fingerprint density at radius 2 is 2.06 bits per heavy atom. The van der Waals surface area contributed by atoms with Gasteiger partial charge in [0.15, 0.2) is 0 Å². The van der Waals surface area contributed by atoms with Gasteiger partial charge in [-0.1, -0.05) is 11.6 Å². The van der Waals surface area contributed by atoms with E-state index in [0.717, 1.165) is 10.6 Å². The number of halogens is 1. The van der Waals surface area contributed by atoms with Crippen molar-refractivity contribution in [2.75, 3.05) is 5.32 Å². The lowest BCUT2D eigenvalue weighted by molar-refractivity contribution is 0.100. The van der Waals surface area contributed by atoms with E-state index in [-0.39, 0.29) is 5.91 Å². The van der Waals surface area contributed by atoms with Gasteiger partial charge in [-0.3, -0.25) is 4.79 Å². The highest BCUT2D eigenvalue weighted by atomic mass is 35.5. The van der Waals surface area contributed by atoms with Crippen molar-refractivity contribution in [3.63, 3.8) is 0 Å². The summed E-state index contributed by atoms with van der Waals surface area (Å²) in [5.41, 5.74) is 6.73. The van der Waals surface area contributed by atoms with Crippen molar-refractivity contribution in [1.82, 2.24) is 0 Å². The first kappa shape index (κ1) is 12.0. The third kappa shape index (κ3) is 3.22. The van der Waals surface area contributed by atoms with Crippen LogP contribution in [0.1, 0.15) is 15.2 Å². The molecule has 0 aliphatic heterocycles. The number of carbonyl (C=O) groups is 1. The Kier molecular flexibility index (Phi) is 3.66. The minimum Gasteiger partial charge on any atom is -0.380 e. The van der Waals surface area contributed by atoms with Gasteiger partial charge in [0.25, 0.3) is 0 Å². The first-order valence-corrected chi connectivity index (χ1v) is 6.27. The lowest BCUT2D eigenvalue weighted by Gasteiger charge is -2.04. The van der Waals surface area contributed by atoms with Crippen molar-refractivity contribution in [3.05, 3.63) is 51.2 Å². The van der Waals surface area contributed by atoms with Gasteiger partial charge in [0.05, 0.1) is 5.56 Å². The summed E-state index contributed by atoms with van der Waals surface area (Å²) in [6, 6.07) is 9.27. The van der Waals surface area contributed by atoms with Crippen LogP contribution in [-0.2, 0) is 6.54 Å². The van der Waals surface area contributed by atoms with Gasteiger partial charge in [-0.05, 0) is 30.3 Å². The highest BCUT2D eigenvalue weighted by molar-refractivity contribution is 7.10. The second kappa shape index (κ2) is 5.21. The summed E-state index contributed by atoms with van der Waals surface area (Å²) < 4.78 is 0. The van der Waals surface area contributed by atoms with E-state index in [1.165, 1.54) is 11.3 Å². The third-order valence-electron chi connectivity index (χ3n) is 2.25. The largest absolute Gasteiger partial charge is 0.380 e. The number of nitrogens with one attached hydrogen (secondary N) is 1. The Balaban J connectivity index is 1.97. The molecule has 0 spiro atoms. The van der Waals surface area contributed by atoms with Gasteiger partial charge in [-0.2, -0.15) is 0 Å². The van der Waals surface area contributed by atoms with Crippen LogP contribution in [0.5, 0.6) is 0 Å². The van der Waals surface area contributed by atoms with Crippen LogP contribution in [0.3, 0.4) is 0 Å². The molecule has 1 heterocycles. The van der Waals surface area contributed by atoms with Crippen molar-refractivity contribution >= 4 is 34.5 Å². The Labute approximate surface area is 108 Å². The van der Waals surface area contributed by atoms with Gasteiger partial charge in [-0.15, -0.1) is 11.3 Å². The number of anilines is 1. The molecule has 1 aromatic heterocycles. The molecule has 3 nitrogen and oxygen atoms in total. The normalized spacial score (nSPS) is 10.2. The number of thiophene rings is 1. The highest BCUT2D eigenvalue weighted by Gasteiger charge is 2.04. The summed E-state index contributed by atoms with van der Waals surface area (Å²) >= 11 is 7.30. The summed E-state index contributed by atoms with van der Waals surface area (Å²) in [4.78, 5) is 12.0. The zero-order chi connectivity index (χ0) is 12.3. The topological polar surface area (TPSA) is 55.1 Å². The van der Waals surface area contributed by atoms with Gasteiger partial charge >= 0.3 is 0 Å². The molecule has 0 saturated heterocycles. The molecule has 0 bridgehead atoms. The average molecular weight is 267 g/mol. The van der Waals surface area contributed by atoms with Crippen LogP contribution in [0.2, 0.25) is 5.02 Å². The SMILES string of the molecule is NC(=O)c1csc(CNc2ccc(Cl)cc2)c1. The van der Waals surface area contributed by atoms with Gasteiger partial charge in [0.1, 0.15) is 0 Å². The minimum absolute atomic E-state index is 0.390. The molecule has 2 rings (SSSR count). The maximum absolute atomic E-state index is 10.9. The second-order valence-electron chi connectivity index (χ2n) is 3.53. The van der Waals surface area contributed by atoms with Crippen LogP contribution < -0.4 is 11.1 Å². The molecule has 0 aliphatic carbocycles. The lowest BCUT2D eigenvalue weighted by Crippen LogP contribution is -2.09. The molecule has 0 saturated carbocycles. The maximum Gasteiger partial charge on any atom is 0.249 e. The van der Waals surface area contributed by atoms with Gasteiger partial charge < -0.3 is 11.1 Å². The zero-order valence-electron chi connectivity index (χ0n) is 8.94. The van der Waals surface area contributed by atoms with Crippen LogP contribution in [0.25, 0.3) is 0 Å². The quantitative estimate of drug-likeness (QED) is 0.893. The number of hydrogen-bond donors (Lipinski definition) is 2. The van der Waals surface area contributed by atoms with Gasteiger partial charge in [0.2, 0.25) is 5.91 Å². The predicted octanol–water partition coefficient (Wildman–Crippen LogP) is 3.11. The van der Waals surface area contributed by atoms with Gasteiger partial charge in [0, 0.05) is 27.5 Å². The van der Waals surface area contributed by atoms with Gasteiger partial charge in [-0.25, -0.2) is 0 Å². The molecule has 1 aromatic carbocycles. The smallest absolute Gasteiger partial charge is 0.249 e. The fourth-order valence-corrected chi connectivity index (χ4v) is 2.30. The fraction of sp³-hybridized carbons (Fsp3) is 0.0833. The third-order valence-corrected chi connectivity index (χ3v) is 3.44. The molecule has 0 atom stereocenters. The van der Waals surface area contributed by atoms with Crippen molar-refractivity contribution in [3.8, 4) is 0 Å². The molecule has 0 aliphatic rings. The fourth-order valence-electron chi connectivity index (χ4n) is 1.36. The monoisotopic (exact) mass is 266 g/mol. The molecule has 88 valence electrons. The van der Waals surface area contributed by atoms with E-state index in [0.29, 0.717) is 17.1 Å². The van der Waals surface area contributed by atoms with E-state index < -0.39 is 0 Å². The van der Waals surface area contributed by atoms with Crippen molar-refractivity contribution < 1.29 is 4.79 Å². The predicted molar refractivity (Wildman–Crippen MR) is 71.6 cm³/mol. The Bertz CT molecular complexity index is 522. The maximum atomic E-state index is 10.9. The first-order chi connectivity index (χ1) is 8.15. The molecule has 5 heteroatoms. The number of benzene rings is 1. The number of nitrogens with two attached hydrogens (primary N) is 1. The van der Waals surface area contributed by atoms with Crippen LogP contribution in [-0.4, -0.2) is 5.91 Å². The van der Waals surface area contributed by atoms with E-state index in [4.69, 9.17) is 17.3 Å². The summed E-state index contributed by atoms with van der Waals surface area (Å²) in [5.74, 6) is -0.390. The summed E-state index contributed by atoms with van der Waals surface area (Å²) in [7, 11) is 0. The van der Waals surface area contributed by atoms with Crippen LogP contribution in [0.4, 0.5) is 5.69 Å². The van der Waals surface area contributed by atoms with E-state index >= 15 is 0 Å². The molecule has 1 amide bonds. The van der Waals surface area contributed by atoms with E-state index in [2.05, 4.69) is 5.32 Å². The molecule has 2 aromatic rings. The van der Waals surface area contributed by atoms with Crippen LogP contribution in [0.15, 0.2) is 35.7 Å². The molecular formula is C12H11ClN2OS. The Morgan fingerprint density at radius 1 is 1.35 bits per heavy atom. The number of hydrogen-bond acceptors (Lipinski definition) is 3.